The molecule has 0 aromatic rings. The van der Waals surface area contributed by atoms with E-state index in [9.17, 15) is 0 Å². The van der Waals surface area contributed by atoms with Crippen molar-refractivity contribution in [3.05, 3.63) is 12.2 Å². The maximum absolute atomic E-state index is 5.92. The monoisotopic (exact) mass is 320 g/mol. The van der Waals surface area contributed by atoms with E-state index < -0.39 is 0 Å². The molecule has 0 aromatic carbocycles. The fourth-order valence-electron chi connectivity index (χ4n) is 4.47. The molecular formula is C22H40O. The second kappa shape index (κ2) is 11.3. The normalized spacial score (nSPS) is 32.4. The Bertz CT molecular complexity index is 306. The lowest BCUT2D eigenvalue weighted by molar-refractivity contribution is 0.0168. The Morgan fingerprint density at radius 1 is 0.783 bits per heavy atom. The molecule has 134 valence electrons. The van der Waals surface area contributed by atoms with Gasteiger partial charge in [-0.25, -0.2) is 0 Å². The first-order valence-electron chi connectivity index (χ1n) is 10.6. The van der Waals surface area contributed by atoms with E-state index in [4.69, 9.17) is 4.74 Å². The maximum atomic E-state index is 5.92. The summed E-state index contributed by atoms with van der Waals surface area (Å²) in [6, 6.07) is 0. The van der Waals surface area contributed by atoms with Crippen molar-refractivity contribution in [2.75, 3.05) is 6.61 Å². The topological polar surface area (TPSA) is 9.23 Å². The van der Waals surface area contributed by atoms with Crippen molar-refractivity contribution in [2.45, 2.75) is 103 Å². The van der Waals surface area contributed by atoms with Gasteiger partial charge in [-0.3, -0.25) is 0 Å². The van der Waals surface area contributed by atoms with Crippen LogP contribution in [0.4, 0.5) is 0 Å². The van der Waals surface area contributed by atoms with E-state index in [0.717, 1.165) is 30.8 Å². The van der Waals surface area contributed by atoms with Crippen LogP contribution in [-0.4, -0.2) is 12.7 Å². The zero-order valence-electron chi connectivity index (χ0n) is 15.8. The molecule has 2 saturated carbocycles. The molecule has 0 atom stereocenters. The van der Waals surface area contributed by atoms with E-state index in [-0.39, 0.29) is 0 Å². The molecule has 0 N–H and O–H groups in total. The van der Waals surface area contributed by atoms with Gasteiger partial charge in [0, 0.05) is 6.61 Å². The molecule has 0 radical (unpaired) electrons. The molecule has 0 bridgehead atoms. The number of hydrogen-bond acceptors (Lipinski definition) is 1. The molecule has 2 aliphatic carbocycles. The van der Waals surface area contributed by atoms with Crippen molar-refractivity contribution in [3.8, 4) is 0 Å². The Morgan fingerprint density at radius 3 is 1.96 bits per heavy atom. The molecular weight excluding hydrogens is 280 g/mol. The molecule has 0 heterocycles. The fraction of sp³-hybridized carbons (Fsp3) is 0.909. The molecule has 2 rings (SSSR count). The molecule has 2 aliphatic rings. The van der Waals surface area contributed by atoms with Crippen LogP contribution in [0.25, 0.3) is 0 Å². The summed E-state index contributed by atoms with van der Waals surface area (Å²) in [7, 11) is 0. The predicted octanol–water partition coefficient (Wildman–Crippen LogP) is 6.91. The Hall–Kier alpha value is -0.300. The average Bonchev–Trinajstić information content (AvgIpc) is 2.60. The molecule has 0 aromatic heterocycles. The molecule has 0 unspecified atom stereocenters. The van der Waals surface area contributed by atoms with Gasteiger partial charge >= 0.3 is 0 Å². The summed E-state index contributed by atoms with van der Waals surface area (Å²) in [5.74, 6) is 2.92. The van der Waals surface area contributed by atoms with Crippen molar-refractivity contribution in [3.63, 3.8) is 0 Å². The number of allylic oxidation sites excluding steroid dienone is 2. The third-order valence-electron chi connectivity index (χ3n) is 6.09. The minimum atomic E-state index is 0.580. The first-order chi connectivity index (χ1) is 11.3. The highest BCUT2D eigenvalue weighted by Crippen LogP contribution is 2.36. The Morgan fingerprint density at radius 2 is 1.39 bits per heavy atom. The summed E-state index contributed by atoms with van der Waals surface area (Å²) >= 11 is 0. The third-order valence-corrected chi connectivity index (χ3v) is 6.09. The number of rotatable bonds is 9. The van der Waals surface area contributed by atoms with Gasteiger partial charge in [0.25, 0.3) is 0 Å². The molecule has 0 amide bonds. The van der Waals surface area contributed by atoms with E-state index >= 15 is 0 Å². The predicted molar refractivity (Wildman–Crippen MR) is 101 cm³/mol. The van der Waals surface area contributed by atoms with Crippen LogP contribution in [0.3, 0.4) is 0 Å². The van der Waals surface area contributed by atoms with Crippen LogP contribution in [-0.2, 0) is 4.74 Å². The highest BCUT2D eigenvalue weighted by molar-refractivity contribution is 4.91. The van der Waals surface area contributed by atoms with E-state index in [1.165, 1.54) is 77.0 Å². The van der Waals surface area contributed by atoms with E-state index in [1.807, 2.05) is 0 Å². The maximum Gasteiger partial charge on any atom is 0.0575 e. The van der Waals surface area contributed by atoms with E-state index in [2.05, 4.69) is 26.0 Å². The zero-order chi connectivity index (χ0) is 16.3. The van der Waals surface area contributed by atoms with Gasteiger partial charge in [-0.05, 0) is 82.0 Å². The summed E-state index contributed by atoms with van der Waals surface area (Å²) in [6.07, 6.45) is 23.6. The van der Waals surface area contributed by atoms with Crippen molar-refractivity contribution < 1.29 is 4.74 Å². The lowest BCUT2D eigenvalue weighted by atomic mass is 9.77. The molecule has 0 spiro atoms. The molecule has 0 aliphatic heterocycles. The highest BCUT2D eigenvalue weighted by Gasteiger charge is 2.24. The highest BCUT2D eigenvalue weighted by atomic mass is 16.5. The minimum Gasteiger partial charge on any atom is -0.378 e. The van der Waals surface area contributed by atoms with Gasteiger partial charge in [0.1, 0.15) is 0 Å². The average molecular weight is 321 g/mol. The van der Waals surface area contributed by atoms with Crippen LogP contribution in [0.5, 0.6) is 0 Å². The SMILES string of the molecule is CCC/C=C/C1CCC(CCC2CCC(OCCC)CC2)CC1. The van der Waals surface area contributed by atoms with Gasteiger partial charge in [0.2, 0.25) is 0 Å². The standard InChI is InChI=1S/C22H40O/c1-3-5-6-7-19-8-10-20(11-9-19)12-13-21-14-16-22(17-15-21)23-18-4-2/h6-7,19-22H,3-5,8-18H2,1-2H3/b7-6+. The third kappa shape index (κ3) is 7.42. The lowest BCUT2D eigenvalue weighted by Crippen LogP contribution is -2.22. The molecule has 1 heteroatoms. The van der Waals surface area contributed by atoms with Crippen LogP contribution in [0, 0.1) is 17.8 Å². The van der Waals surface area contributed by atoms with Crippen molar-refractivity contribution in [2.24, 2.45) is 17.8 Å². The van der Waals surface area contributed by atoms with Crippen LogP contribution in [0.2, 0.25) is 0 Å². The summed E-state index contributed by atoms with van der Waals surface area (Å²) in [6.45, 7) is 5.44. The molecule has 23 heavy (non-hydrogen) atoms. The number of hydrogen-bond donors (Lipinski definition) is 0. The first-order valence-corrected chi connectivity index (χ1v) is 10.6. The fourth-order valence-corrected chi connectivity index (χ4v) is 4.47. The quantitative estimate of drug-likeness (QED) is 0.419. The Balaban J connectivity index is 1.54. The first kappa shape index (κ1) is 19.0. The van der Waals surface area contributed by atoms with Crippen LogP contribution in [0.1, 0.15) is 97.3 Å². The number of ether oxygens (including phenoxy) is 1. The van der Waals surface area contributed by atoms with E-state index in [0.29, 0.717) is 6.10 Å². The summed E-state index contributed by atoms with van der Waals surface area (Å²) < 4.78 is 5.92. The van der Waals surface area contributed by atoms with Crippen molar-refractivity contribution in [1.82, 2.24) is 0 Å². The van der Waals surface area contributed by atoms with Crippen molar-refractivity contribution >= 4 is 0 Å². The largest absolute Gasteiger partial charge is 0.378 e. The smallest absolute Gasteiger partial charge is 0.0575 e. The van der Waals surface area contributed by atoms with Gasteiger partial charge in [-0.2, -0.15) is 0 Å². The second-order valence-corrected chi connectivity index (χ2v) is 8.09. The summed E-state index contributed by atoms with van der Waals surface area (Å²) in [5, 5.41) is 0. The molecule has 0 saturated heterocycles. The summed E-state index contributed by atoms with van der Waals surface area (Å²) in [4.78, 5) is 0. The van der Waals surface area contributed by atoms with Gasteiger partial charge in [0.05, 0.1) is 6.10 Å². The van der Waals surface area contributed by atoms with Gasteiger partial charge < -0.3 is 4.74 Å². The Kier molecular flexibility index (Phi) is 9.34. The van der Waals surface area contributed by atoms with Gasteiger partial charge in [0.15, 0.2) is 0 Å². The Labute approximate surface area is 145 Å². The van der Waals surface area contributed by atoms with Crippen LogP contribution in [0.15, 0.2) is 12.2 Å². The lowest BCUT2D eigenvalue weighted by Gasteiger charge is -2.31. The second-order valence-electron chi connectivity index (χ2n) is 8.09. The van der Waals surface area contributed by atoms with Gasteiger partial charge in [-0.15, -0.1) is 0 Å². The number of unbranched alkanes of at least 4 members (excludes halogenated alkanes) is 1. The van der Waals surface area contributed by atoms with Crippen LogP contribution < -0.4 is 0 Å². The zero-order valence-corrected chi connectivity index (χ0v) is 15.8. The molecule has 1 nitrogen and oxygen atoms in total. The van der Waals surface area contributed by atoms with Gasteiger partial charge in [-0.1, -0.05) is 45.3 Å². The van der Waals surface area contributed by atoms with E-state index in [1.54, 1.807) is 0 Å². The van der Waals surface area contributed by atoms with Crippen molar-refractivity contribution in [1.29, 1.82) is 0 Å². The van der Waals surface area contributed by atoms with Crippen LogP contribution >= 0.6 is 0 Å². The summed E-state index contributed by atoms with van der Waals surface area (Å²) in [5.41, 5.74) is 0. The molecule has 2 fully saturated rings. The minimum absolute atomic E-state index is 0.580.